The Kier molecular flexibility index (Phi) is 4.87. The Morgan fingerprint density at radius 2 is 1.63 bits per heavy atom. The van der Waals surface area contributed by atoms with Crippen LogP contribution >= 0.6 is 15.9 Å². The summed E-state index contributed by atoms with van der Waals surface area (Å²) in [7, 11) is 0. The molecular weight excluding hydrogens is 441 g/mol. The minimum absolute atomic E-state index is 0.117. The van der Waals surface area contributed by atoms with Crippen molar-refractivity contribution in [2.45, 2.75) is 18.8 Å². The monoisotopic (exact) mass is 459 g/mol. The first-order valence-electron chi connectivity index (χ1n) is 9.95. The summed E-state index contributed by atoms with van der Waals surface area (Å²) >= 11 is 3.48. The van der Waals surface area contributed by atoms with Crippen LogP contribution in [0, 0.1) is 5.82 Å². The van der Waals surface area contributed by atoms with Gasteiger partial charge in [0, 0.05) is 27.8 Å². The van der Waals surface area contributed by atoms with Gasteiger partial charge >= 0.3 is 0 Å². The highest BCUT2D eigenvalue weighted by atomic mass is 79.9. The predicted octanol–water partition coefficient (Wildman–Crippen LogP) is 6.96. The Bertz CT molecular complexity index is 1230. The van der Waals surface area contributed by atoms with Crippen LogP contribution in [0.4, 0.5) is 4.39 Å². The van der Waals surface area contributed by atoms with Gasteiger partial charge in [0.15, 0.2) is 5.78 Å². The van der Waals surface area contributed by atoms with E-state index in [9.17, 15) is 9.18 Å². The zero-order valence-corrected chi connectivity index (χ0v) is 17.8. The van der Waals surface area contributed by atoms with Gasteiger partial charge in [-0.05, 0) is 59.9 Å². The first-order valence-corrected chi connectivity index (χ1v) is 10.7. The Balaban J connectivity index is 1.71. The number of halogens is 2. The SMILES string of the molecule is O=C1CC(c2ccccc2)Cc2c1cc(-c1ccc(Br)cc1)n2-c1cccc(F)c1. The minimum atomic E-state index is -0.293. The maximum atomic E-state index is 14.1. The van der Waals surface area contributed by atoms with Gasteiger partial charge in [-0.2, -0.15) is 0 Å². The van der Waals surface area contributed by atoms with Gasteiger partial charge in [0.25, 0.3) is 0 Å². The van der Waals surface area contributed by atoms with Crippen LogP contribution in [0.25, 0.3) is 16.9 Å². The highest BCUT2D eigenvalue weighted by Gasteiger charge is 2.31. The van der Waals surface area contributed by atoms with E-state index in [1.165, 1.54) is 12.1 Å². The second-order valence-corrected chi connectivity index (χ2v) is 8.57. The third-order valence-corrected chi connectivity index (χ3v) is 6.28. The zero-order valence-electron chi connectivity index (χ0n) is 16.2. The number of hydrogen-bond donors (Lipinski definition) is 0. The lowest BCUT2D eigenvalue weighted by molar-refractivity contribution is 0.0963. The number of nitrogens with zero attached hydrogens (tertiary/aromatic N) is 1. The van der Waals surface area contributed by atoms with Gasteiger partial charge in [-0.1, -0.05) is 64.5 Å². The van der Waals surface area contributed by atoms with Crippen molar-refractivity contribution >= 4 is 21.7 Å². The molecule has 148 valence electrons. The molecule has 0 amide bonds. The van der Waals surface area contributed by atoms with E-state index < -0.39 is 0 Å². The average molecular weight is 460 g/mol. The molecule has 1 unspecified atom stereocenters. The molecule has 0 bridgehead atoms. The van der Waals surface area contributed by atoms with E-state index in [0.29, 0.717) is 6.42 Å². The van der Waals surface area contributed by atoms with E-state index in [-0.39, 0.29) is 17.5 Å². The van der Waals surface area contributed by atoms with Crippen molar-refractivity contribution < 1.29 is 9.18 Å². The van der Waals surface area contributed by atoms with Crippen LogP contribution in [-0.2, 0) is 6.42 Å². The molecule has 1 atom stereocenters. The highest BCUT2D eigenvalue weighted by Crippen LogP contribution is 2.39. The molecular formula is C26H19BrFNO. The molecule has 0 spiro atoms. The van der Waals surface area contributed by atoms with Crippen LogP contribution in [0.15, 0.2) is 89.4 Å². The zero-order chi connectivity index (χ0) is 20.7. The van der Waals surface area contributed by atoms with Crippen LogP contribution in [0.1, 0.15) is 34.0 Å². The van der Waals surface area contributed by atoms with Crippen LogP contribution in [0.3, 0.4) is 0 Å². The first kappa shape index (κ1) is 19.0. The number of aromatic nitrogens is 1. The number of benzene rings is 3. The molecule has 1 heterocycles. The van der Waals surface area contributed by atoms with E-state index in [4.69, 9.17) is 0 Å². The quantitative estimate of drug-likeness (QED) is 0.324. The topological polar surface area (TPSA) is 22.0 Å². The Morgan fingerprint density at radius 3 is 2.37 bits per heavy atom. The molecule has 0 N–H and O–H groups in total. The Labute approximate surface area is 183 Å². The number of hydrogen-bond acceptors (Lipinski definition) is 1. The normalized spacial score (nSPS) is 15.8. The average Bonchev–Trinajstić information content (AvgIpc) is 3.15. The predicted molar refractivity (Wildman–Crippen MR) is 121 cm³/mol. The minimum Gasteiger partial charge on any atom is -0.313 e. The molecule has 0 radical (unpaired) electrons. The molecule has 1 aromatic heterocycles. The van der Waals surface area contributed by atoms with Gasteiger partial charge in [-0.25, -0.2) is 4.39 Å². The highest BCUT2D eigenvalue weighted by molar-refractivity contribution is 9.10. The Morgan fingerprint density at radius 1 is 0.867 bits per heavy atom. The summed E-state index contributed by atoms with van der Waals surface area (Å²) < 4.78 is 17.1. The molecule has 0 saturated heterocycles. The van der Waals surface area contributed by atoms with Crippen LogP contribution < -0.4 is 0 Å². The van der Waals surface area contributed by atoms with Gasteiger partial charge in [0.05, 0.1) is 5.69 Å². The van der Waals surface area contributed by atoms with Crippen LogP contribution in [0.5, 0.6) is 0 Å². The second kappa shape index (κ2) is 7.69. The van der Waals surface area contributed by atoms with Gasteiger partial charge in [-0.15, -0.1) is 0 Å². The summed E-state index contributed by atoms with van der Waals surface area (Å²) in [6.45, 7) is 0. The van der Waals surface area contributed by atoms with E-state index in [0.717, 1.165) is 44.7 Å². The lowest BCUT2D eigenvalue weighted by Gasteiger charge is -2.24. The molecule has 30 heavy (non-hydrogen) atoms. The van der Waals surface area contributed by atoms with Crippen molar-refractivity contribution in [3.8, 4) is 16.9 Å². The summed E-state index contributed by atoms with van der Waals surface area (Å²) in [5, 5.41) is 0. The molecule has 2 nitrogen and oxygen atoms in total. The summed E-state index contributed by atoms with van der Waals surface area (Å²) in [6, 6.07) is 26.7. The second-order valence-electron chi connectivity index (χ2n) is 7.65. The lowest BCUT2D eigenvalue weighted by Crippen LogP contribution is -2.20. The first-order chi connectivity index (χ1) is 14.6. The van der Waals surface area contributed by atoms with E-state index in [2.05, 4.69) is 32.6 Å². The number of fused-ring (bicyclic) bond motifs is 1. The smallest absolute Gasteiger partial charge is 0.165 e. The molecule has 1 aliphatic rings. The van der Waals surface area contributed by atoms with Crippen molar-refractivity contribution in [2.24, 2.45) is 0 Å². The summed E-state index contributed by atoms with van der Waals surface area (Å²) in [5.41, 5.74) is 5.47. The molecule has 5 rings (SSSR count). The molecule has 3 aromatic carbocycles. The third-order valence-electron chi connectivity index (χ3n) is 5.75. The van der Waals surface area contributed by atoms with Gasteiger partial charge in [0.2, 0.25) is 0 Å². The maximum Gasteiger partial charge on any atom is 0.165 e. The van der Waals surface area contributed by atoms with E-state index in [1.54, 1.807) is 6.07 Å². The maximum absolute atomic E-state index is 14.1. The third kappa shape index (κ3) is 3.41. The number of carbonyl (C=O) groups excluding carboxylic acids is 1. The lowest BCUT2D eigenvalue weighted by atomic mass is 9.82. The number of rotatable bonds is 3. The van der Waals surface area contributed by atoms with Crippen molar-refractivity contribution in [1.82, 2.24) is 4.57 Å². The van der Waals surface area contributed by atoms with Crippen molar-refractivity contribution in [3.63, 3.8) is 0 Å². The molecule has 4 aromatic rings. The fourth-order valence-corrected chi connectivity index (χ4v) is 4.60. The van der Waals surface area contributed by atoms with Crippen molar-refractivity contribution in [2.75, 3.05) is 0 Å². The van der Waals surface area contributed by atoms with Crippen LogP contribution in [-0.4, -0.2) is 10.4 Å². The fraction of sp³-hybridized carbons (Fsp3) is 0.115. The molecule has 0 saturated carbocycles. The van der Waals surface area contributed by atoms with Crippen molar-refractivity contribution in [3.05, 3.63) is 112 Å². The molecule has 1 aliphatic carbocycles. The van der Waals surface area contributed by atoms with E-state index in [1.807, 2.05) is 54.6 Å². The number of Topliss-reactive ketones (excluding diaryl/α,β-unsaturated/α-hetero) is 1. The molecule has 0 fully saturated rings. The summed E-state index contributed by atoms with van der Waals surface area (Å²) in [6.07, 6.45) is 1.22. The van der Waals surface area contributed by atoms with Gasteiger partial charge < -0.3 is 4.57 Å². The number of carbonyl (C=O) groups is 1. The fourth-order valence-electron chi connectivity index (χ4n) is 4.34. The van der Waals surface area contributed by atoms with Gasteiger partial charge in [0.1, 0.15) is 5.82 Å². The Hall–Kier alpha value is -2.98. The van der Waals surface area contributed by atoms with E-state index >= 15 is 0 Å². The van der Waals surface area contributed by atoms with Crippen molar-refractivity contribution in [1.29, 1.82) is 0 Å². The van der Waals surface area contributed by atoms with Crippen LogP contribution in [0.2, 0.25) is 0 Å². The summed E-state index contributed by atoms with van der Waals surface area (Å²) in [5.74, 6) is -0.0387. The molecule has 4 heteroatoms. The molecule has 0 aliphatic heterocycles. The number of ketones is 1. The standard InChI is InChI=1S/C26H19BrFNO/c27-20-11-9-18(10-12-20)24-16-23-25(29(24)22-8-4-7-21(28)15-22)13-19(14-26(23)30)17-5-2-1-3-6-17/h1-12,15-16,19H,13-14H2. The van der Waals surface area contributed by atoms with Gasteiger partial charge in [-0.3, -0.25) is 4.79 Å². The summed E-state index contributed by atoms with van der Waals surface area (Å²) in [4.78, 5) is 13.1. The largest absolute Gasteiger partial charge is 0.313 e.